The van der Waals surface area contributed by atoms with Gasteiger partial charge in [-0.2, -0.15) is 5.26 Å². The van der Waals surface area contributed by atoms with Gasteiger partial charge in [-0.1, -0.05) is 41.8 Å². The van der Waals surface area contributed by atoms with Crippen LogP contribution in [0.25, 0.3) is 0 Å². The van der Waals surface area contributed by atoms with Crippen LogP contribution >= 0.6 is 23.2 Å². The third-order valence-corrected chi connectivity index (χ3v) is 6.35. The Kier molecular flexibility index (Phi) is 4.92. The smallest absolute Gasteiger partial charge is 0.0867 e. The fraction of sp³-hybridized carbons (Fsp3) is 0.429. The Bertz CT molecular complexity index is 831. The van der Waals surface area contributed by atoms with E-state index in [-0.39, 0.29) is 0 Å². The van der Waals surface area contributed by atoms with Crippen LogP contribution in [0.5, 0.6) is 0 Å². The first-order valence-electron chi connectivity index (χ1n) is 9.12. The van der Waals surface area contributed by atoms with Crippen molar-refractivity contribution < 1.29 is 0 Å². The van der Waals surface area contributed by atoms with Gasteiger partial charge in [-0.25, -0.2) is 0 Å². The Labute approximate surface area is 164 Å². The highest BCUT2D eigenvalue weighted by Crippen LogP contribution is 2.46. The summed E-state index contributed by atoms with van der Waals surface area (Å²) in [6, 6.07) is 13.5. The van der Waals surface area contributed by atoms with Crippen LogP contribution < -0.4 is 0 Å². The highest BCUT2D eigenvalue weighted by atomic mass is 35.5. The molecule has 0 radical (unpaired) electrons. The van der Waals surface area contributed by atoms with E-state index in [1.165, 1.54) is 12.0 Å². The number of halogens is 2. The van der Waals surface area contributed by atoms with Gasteiger partial charge in [-0.05, 0) is 55.0 Å². The van der Waals surface area contributed by atoms with Crippen LogP contribution in [0, 0.1) is 11.3 Å². The fourth-order valence-corrected chi connectivity index (χ4v) is 5.10. The fourth-order valence-electron chi connectivity index (χ4n) is 4.71. The van der Waals surface area contributed by atoms with Crippen LogP contribution in [-0.4, -0.2) is 22.0 Å². The molecule has 26 heavy (non-hydrogen) atoms. The van der Waals surface area contributed by atoms with Crippen LogP contribution in [0.3, 0.4) is 0 Å². The maximum absolute atomic E-state index is 10.1. The summed E-state index contributed by atoms with van der Waals surface area (Å²) in [5.74, 6) is 0. The topological polar surface area (TPSA) is 39.9 Å². The number of piperidine rings is 2. The van der Waals surface area contributed by atoms with Gasteiger partial charge >= 0.3 is 0 Å². The number of hydrogen-bond donors (Lipinski definition) is 0. The SMILES string of the molecule is N#CC1(c2cncc(Cl)c2)CC2CCCC(C1)N2Cc1cccc(Cl)c1. The Morgan fingerprint density at radius 3 is 2.54 bits per heavy atom. The molecule has 3 heterocycles. The first-order chi connectivity index (χ1) is 12.6. The van der Waals surface area contributed by atoms with Crippen LogP contribution in [-0.2, 0) is 12.0 Å². The number of aromatic nitrogens is 1. The van der Waals surface area contributed by atoms with Crippen molar-refractivity contribution in [3.05, 3.63) is 63.9 Å². The van der Waals surface area contributed by atoms with Gasteiger partial charge in [0.2, 0.25) is 0 Å². The molecular weight excluding hydrogens is 365 g/mol. The molecule has 0 amide bonds. The second-order valence-electron chi connectivity index (χ2n) is 7.53. The lowest BCUT2D eigenvalue weighted by Crippen LogP contribution is -2.56. The third-order valence-electron chi connectivity index (χ3n) is 5.91. The van der Waals surface area contributed by atoms with Crippen molar-refractivity contribution in [3.8, 4) is 6.07 Å². The van der Waals surface area contributed by atoms with E-state index >= 15 is 0 Å². The third kappa shape index (κ3) is 3.34. The van der Waals surface area contributed by atoms with Crippen molar-refractivity contribution in [1.29, 1.82) is 5.26 Å². The number of pyridine rings is 1. The average Bonchev–Trinajstić information content (AvgIpc) is 2.62. The molecule has 134 valence electrons. The molecule has 2 aliphatic heterocycles. The van der Waals surface area contributed by atoms with Crippen molar-refractivity contribution >= 4 is 23.2 Å². The summed E-state index contributed by atoms with van der Waals surface area (Å²) in [7, 11) is 0. The maximum Gasteiger partial charge on any atom is 0.0867 e. The lowest BCUT2D eigenvalue weighted by atomic mass is 9.66. The molecule has 2 atom stereocenters. The minimum Gasteiger partial charge on any atom is -0.293 e. The molecule has 2 aliphatic rings. The van der Waals surface area contributed by atoms with Crippen molar-refractivity contribution in [1.82, 2.24) is 9.88 Å². The zero-order valence-corrected chi connectivity index (χ0v) is 16.0. The monoisotopic (exact) mass is 385 g/mol. The molecule has 2 fully saturated rings. The van der Waals surface area contributed by atoms with Crippen molar-refractivity contribution in [2.45, 2.75) is 56.1 Å². The summed E-state index contributed by atoms with van der Waals surface area (Å²) >= 11 is 12.3. The predicted octanol–water partition coefficient (Wildman–Crippen LogP) is 5.37. The molecule has 0 aliphatic carbocycles. The van der Waals surface area contributed by atoms with Gasteiger partial charge in [0.25, 0.3) is 0 Å². The standard InChI is InChI=1S/C21H21Cl2N3/c22-17-4-1-3-15(7-17)13-26-19-5-2-6-20(26)10-21(9-19,14-24)16-8-18(23)12-25-11-16/h1,3-4,7-8,11-12,19-20H,2,5-6,9-10,13H2. The molecule has 2 bridgehead atoms. The molecule has 3 nitrogen and oxygen atoms in total. The summed E-state index contributed by atoms with van der Waals surface area (Å²) < 4.78 is 0. The number of rotatable bonds is 3. The summed E-state index contributed by atoms with van der Waals surface area (Å²) in [6.07, 6.45) is 8.62. The van der Waals surface area contributed by atoms with E-state index in [1.54, 1.807) is 6.20 Å². The number of nitrogens with zero attached hydrogens (tertiary/aromatic N) is 3. The second kappa shape index (κ2) is 7.19. The summed E-state index contributed by atoms with van der Waals surface area (Å²) in [4.78, 5) is 6.82. The second-order valence-corrected chi connectivity index (χ2v) is 8.41. The molecular formula is C21H21Cl2N3. The molecule has 1 aromatic carbocycles. The first-order valence-corrected chi connectivity index (χ1v) is 9.88. The number of nitriles is 1. The van der Waals surface area contributed by atoms with Gasteiger partial charge in [0.05, 0.1) is 16.5 Å². The quantitative estimate of drug-likeness (QED) is 0.712. The molecule has 5 heteroatoms. The van der Waals surface area contributed by atoms with E-state index in [4.69, 9.17) is 23.2 Å². The molecule has 2 unspecified atom stereocenters. The van der Waals surface area contributed by atoms with Crippen LogP contribution in [0.2, 0.25) is 10.0 Å². The van der Waals surface area contributed by atoms with Gasteiger partial charge in [0.1, 0.15) is 0 Å². The Morgan fingerprint density at radius 1 is 1.12 bits per heavy atom. The van der Waals surface area contributed by atoms with E-state index in [1.807, 2.05) is 30.5 Å². The van der Waals surface area contributed by atoms with Crippen molar-refractivity contribution in [2.75, 3.05) is 0 Å². The minimum absolute atomic E-state index is 0.403. The largest absolute Gasteiger partial charge is 0.293 e. The zero-order chi connectivity index (χ0) is 18.1. The van der Waals surface area contributed by atoms with Gasteiger partial charge in [0.15, 0.2) is 0 Å². The number of benzene rings is 1. The molecule has 4 rings (SSSR count). The highest BCUT2D eigenvalue weighted by molar-refractivity contribution is 6.30. The Morgan fingerprint density at radius 2 is 1.88 bits per heavy atom. The van der Waals surface area contributed by atoms with E-state index in [9.17, 15) is 5.26 Å². The number of fused-ring (bicyclic) bond motifs is 2. The average molecular weight is 386 g/mol. The molecule has 1 aromatic heterocycles. The highest BCUT2D eigenvalue weighted by Gasteiger charge is 2.47. The minimum atomic E-state index is -0.488. The first kappa shape index (κ1) is 17.8. The Balaban J connectivity index is 1.62. The summed E-state index contributed by atoms with van der Waals surface area (Å²) in [5, 5.41) is 11.5. The van der Waals surface area contributed by atoms with Gasteiger partial charge in [-0.15, -0.1) is 0 Å². The Hall–Kier alpha value is -1.60. The maximum atomic E-state index is 10.1. The molecule has 2 saturated heterocycles. The van der Waals surface area contributed by atoms with Gasteiger partial charge in [0, 0.05) is 36.0 Å². The normalized spacial score (nSPS) is 28.5. The lowest BCUT2D eigenvalue weighted by Gasteiger charge is -2.52. The molecule has 0 spiro atoms. The van der Waals surface area contributed by atoms with Crippen LogP contribution in [0.4, 0.5) is 0 Å². The summed E-state index contributed by atoms with van der Waals surface area (Å²) in [5.41, 5.74) is 1.72. The number of hydrogen-bond acceptors (Lipinski definition) is 3. The molecule has 0 N–H and O–H groups in total. The predicted molar refractivity (Wildman–Crippen MR) is 104 cm³/mol. The van der Waals surface area contributed by atoms with E-state index in [0.29, 0.717) is 17.1 Å². The van der Waals surface area contributed by atoms with Crippen LogP contribution in [0.15, 0.2) is 42.7 Å². The van der Waals surface area contributed by atoms with E-state index < -0.39 is 5.41 Å². The van der Waals surface area contributed by atoms with E-state index in [0.717, 1.165) is 42.8 Å². The zero-order valence-electron chi connectivity index (χ0n) is 14.5. The molecule has 0 saturated carbocycles. The summed E-state index contributed by atoms with van der Waals surface area (Å²) in [6.45, 7) is 0.894. The van der Waals surface area contributed by atoms with Crippen LogP contribution in [0.1, 0.15) is 43.2 Å². The van der Waals surface area contributed by atoms with Crippen molar-refractivity contribution in [3.63, 3.8) is 0 Å². The lowest BCUT2D eigenvalue weighted by molar-refractivity contribution is 0.00761. The van der Waals surface area contributed by atoms with E-state index in [2.05, 4.69) is 22.0 Å². The van der Waals surface area contributed by atoms with Crippen molar-refractivity contribution in [2.24, 2.45) is 0 Å². The molecule has 2 aromatic rings. The van der Waals surface area contributed by atoms with Gasteiger partial charge < -0.3 is 0 Å². The van der Waals surface area contributed by atoms with Gasteiger partial charge in [-0.3, -0.25) is 9.88 Å².